The number of sulfonamides is 1. The van der Waals surface area contributed by atoms with E-state index >= 15 is 0 Å². The van der Waals surface area contributed by atoms with Crippen LogP contribution in [0.4, 0.5) is 8.78 Å². The van der Waals surface area contributed by atoms with E-state index in [1.54, 1.807) is 6.92 Å². The Morgan fingerprint density at radius 1 is 1.23 bits per heavy atom. The number of hydroxylamine groups is 1. The molecule has 0 aliphatic carbocycles. The fourth-order valence-electron chi connectivity index (χ4n) is 3.18. The number of hydrogen-bond donors (Lipinski definition) is 2. The van der Waals surface area contributed by atoms with Gasteiger partial charge in [0.25, 0.3) is 5.91 Å². The first kappa shape index (κ1) is 22.5. The van der Waals surface area contributed by atoms with Gasteiger partial charge < -0.3 is 4.74 Å². The van der Waals surface area contributed by atoms with Gasteiger partial charge in [-0.1, -0.05) is 6.92 Å². The number of carbonyl (C=O) groups is 1. The Bertz CT molecular complexity index is 998. The molecule has 3 rings (SSSR count). The van der Waals surface area contributed by atoms with Crippen LogP contribution in [0.2, 0.25) is 0 Å². The van der Waals surface area contributed by atoms with E-state index in [0.29, 0.717) is 17.1 Å². The Kier molecular flexibility index (Phi) is 6.96. The first-order chi connectivity index (χ1) is 14.2. The molecule has 30 heavy (non-hydrogen) atoms. The molecule has 1 aliphatic rings. The van der Waals surface area contributed by atoms with E-state index in [0.717, 1.165) is 22.5 Å². The number of carbonyl (C=O) groups excluding carboxylic acids is 1. The minimum Gasteiger partial charge on any atom is -0.489 e. The van der Waals surface area contributed by atoms with Gasteiger partial charge in [0.2, 0.25) is 10.0 Å². The molecule has 1 aliphatic heterocycles. The minimum absolute atomic E-state index is 0.0403. The van der Waals surface area contributed by atoms with E-state index in [-0.39, 0.29) is 23.3 Å². The second-order valence-electron chi connectivity index (χ2n) is 6.65. The maximum atomic E-state index is 13.2. The Hall–Kier alpha value is -2.21. The first-order valence-corrected chi connectivity index (χ1v) is 11.5. The minimum atomic E-state index is -4.00. The second-order valence-corrected chi connectivity index (χ2v) is 10.0. The third-order valence-corrected chi connectivity index (χ3v) is 7.68. The van der Waals surface area contributed by atoms with Crippen LogP contribution in [0.15, 0.2) is 47.4 Å². The van der Waals surface area contributed by atoms with Gasteiger partial charge in [-0.3, -0.25) is 10.0 Å². The molecule has 2 atom stereocenters. The normalized spacial score (nSPS) is 20.0. The van der Waals surface area contributed by atoms with Crippen molar-refractivity contribution in [1.29, 1.82) is 0 Å². The summed E-state index contributed by atoms with van der Waals surface area (Å²) in [6, 6.07) is 7.50. The van der Waals surface area contributed by atoms with Crippen molar-refractivity contribution in [3.05, 3.63) is 59.7 Å². The van der Waals surface area contributed by atoms with Crippen molar-refractivity contribution in [2.24, 2.45) is 0 Å². The number of nitrogens with one attached hydrogen (secondary N) is 1. The summed E-state index contributed by atoms with van der Waals surface area (Å²) in [7, 11) is -4.00. The van der Waals surface area contributed by atoms with Crippen LogP contribution in [0.25, 0.3) is 0 Å². The molecule has 1 fully saturated rings. The number of nitrogens with zero attached hydrogens (tertiary/aromatic N) is 1. The SMILES string of the molecule is CC1SCCN(S(=O)(=O)c2ccc(OCc3cc(F)cc(F)c3)cc2)C1C(=O)NO. The summed E-state index contributed by atoms with van der Waals surface area (Å²) in [6.45, 7) is 1.75. The lowest BCUT2D eigenvalue weighted by Crippen LogP contribution is -2.56. The molecular weight excluding hydrogens is 438 g/mol. The number of rotatable bonds is 6. The van der Waals surface area contributed by atoms with Crippen LogP contribution in [-0.4, -0.2) is 47.4 Å². The van der Waals surface area contributed by atoms with Gasteiger partial charge in [-0.2, -0.15) is 16.1 Å². The van der Waals surface area contributed by atoms with E-state index in [4.69, 9.17) is 9.94 Å². The third-order valence-electron chi connectivity index (χ3n) is 4.58. The maximum Gasteiger partial charge on any atom is 0.262 e. The zero-order valence-electron chi connectivity index (χ0n) is 15.9. The molecule has 0 radical (unpaired) electrons. The van der Waals surface area contributed by atoms with Crippen molar-refractivity contribution in [3.8, 4) is 5.75 Å². The summed E-state index contributed by atoms with van der Waals surface area (Å²) < 4.78 is 59.1. The quantitative estimate of drug-likeness (QED) is 0.510. The molecule has 2 unspecified atom stereocenters. The third kappa shape index (κ3) is 4.91. The number of ether oxygens (including phenoxy) is 1. The Morgan fingerprint density at radius 3 is 2.47 bits per heavy atom. The lowest BCUT2D eigenvalue weighted by Gasteiger charge is -2.36. The number of thioether (sulfide) groups is 1. The van der Waals surface area contributed by atoms with E-state index < -0.39 is 33.6 Å². The van der Waals surface area contributed by atoms with Crippen molar-refractivity contribution in [1.82, 2.24) is 9.79 Å². The summed E-state index contributed by atoms with van der Waals surface area (Å²) in [5.74, 6) is -1.40. The van der Waals surface area contributed by atoms with Gasteiger partial charge in [0, 0.05) is 23.6 Å². The highest BCUT2D eigenvalue weighted by Crippen LogP contribution is 2.30. The Morgan fingerprint density at radius 2 is 1.87 bits per heavy atom. The molecule has 1 amide bonds. The average Bonchev–Trinajstić information content (AvgIpc) is 2.71. The molecule has 2 N–H and O–H groups in total. The van der Waals surface area contributed by atoms with Gasteiger partial charge in [0.1, 0.15) is 30.0 Å². The summed E-state index contributed by atoms with van der Waals surface area (Å²) in [5.41, 5.74) is 1.83. The van der Waals surface area contributed by atoms with Crippen LogP contribution in [0.5, 0.6) is 5.75 Å². The molecule has 1 heterocycles. The molecule has 0 saturated carbocycles. The fourth-order valence-corrected chi connectivity index (χ4v) is 6.16. The molecule has 162 valence electrons. The van der Waals surface area contributed by atoms with Crippen molar-refractivity contribution < 1.29 is 31.9 Å². The summed E-state index contributed by atoms with van der Waals surface area (Å²) in [6.07, 6.45) is 0. The largest absolute Gasteiger partial charge is 0.489 e. The van der Waals surface area contributed by atoms with Crippen LogP contribution in [0, 0.1) is 11.6 Å². The van der Waals surface area contributed by atoms with Crippen molar-refractivity contribution >= 4 is 27.7 Å². The highest BCUT2D eigenvalue weighted by atomic mass is 32.2. The topological polar surface area (TPSA) is 95.9 Å². The standard InChI is InChI=1S/C19H20F2N2O5S2/c1-12-18(19(24)22-25)23(6-7-29-12)30(26,27)17-4-2-16(3-5-17)28-11-13-8-14(20)10-15(21)9-13/h2-5,8-10,12,18,25H,6-7,11H2,1H3,(H,22,24). The maximum absolute atomic E-state index is 13.2. The van der Waals surface area contributed by atoms with E-state index in [1.165, 1.54) is 41.5 Å². The molecule has 0 bridgehead atoms. The molecular formula is C19H20F2N2O5S2. The van der Waals surface area contributed by atoms with E-state index in [9.17, 15) is 22.0 Å². The summed E-state index contributed by atoms with van der Waals surface area (Å²) in [5, 5.41) is 8.65. The number of halogens is 2. The van der Waals surface area contributed by atoms with Crippen LogP contribution in [0.3, 0.4) is 0 Å². The highest BCUT2D eigenvalue weighted by Gasteiger charge is 2.41. The van der Waals surface area contributed by atoms with Crippen LogP contribution >= 0.6 is 11.8 Å². The van der Waals surface area contributed by atoms with E-state index in [1.807, 2.05) is 0 Å². The zero-order chi connectivity index (χ0) is 21.9. The highest BCUT2D eigenvalue weighted by molar-refractivity contribution is 8.00. The van der Waals surface area contributed by atoms with E-state index in [2.05, 4.69) is 0 Å². The second kappa shape index (κ2) is 9.29. The van der Waals surface area contributed by atoms with Crippen molar-refractivity contribution in [3.63, 3.8) is 0 Å². The molecule has 1 saturated heterocycles. The lowest BCUT2D eigenvalue weighted by molar-refractivity contribution is -0.133. The van der Waals surface area contributed by atoms with Gasteiger partial charge in [-0.05, 0) is 42.0 Å². The molecule has 0 spiro atoms. The predicted octanol–water partition coefficient (Wildman–Crippen LogP) is 2.54. The van der Waals surface area contributed by atoms with Crippen molar-refractivity contribution in [2.75, 3.05) is 12.3 Å². The summed E-state index contributed by atoms with van der Waals surface area (Å²) in [4.78, 5) is 12.0. The monoisotopic (exact) mass is 458 g/mol. The predicted molar refractivity (Wildman–Crippen MR) is 107 cm³/mol. The van der Waals surface area contributed by atoms with Crippen LogP contribution < -0.4 is 10.2 Å². The smallest absolute Gasteiger partial charge is 0.262 e. The first-order valence-electron chi connectivity index (χ1n) is 8.97. The van der Waals surface area contributed by atoms with Gasteiger partial charge in [0.15, 0.2) is 0 Å². The average molecular weight is 459 g/mol. The fraction of sp³-hybridized carbons (Fsp3) is 0.316. The lowest BCUT2D eigenvalue weighted by atomic mass is 10.2. The number of hydrogen-bond acceptors (Lipinski definition) is 6. The molecule has 11 heteroatoms. The summed E-state index contributed by atoms with van der Waals surface area (Å²) >= 11 is 1.44. The molecule has 7 nitrogen and oxygen atoms in total. The molecule has 2 aromatic rings. The molecule has 0 aromatic heterocycles. The molecule has 2 aromatic carbocycles. The Labute approximate surface area is 177 Å². The van der Waals surface area contributed by atoms with Gasteiger partial charge in [-0.25, -0.2) is 22.7 Å². The number of amides is 1. The zero-order valence-corrected chi connectivity index (χ0v) is 17.6. The van der Waals surface area contributed by atoms with Crippen molar-refractivity contribution in [2.45, 2.75) is 29.7 Å². The van der Waals surface area contributed by atoms with Crippen LogP contribution in [-0.2, 0) is 21.4 Å². The number of benzene rings is 2. The Balaban J connectivity index is 1.76. The van der Waals surface area contributed by atoms with Crippen LogP contribution in [0.1, 0.15) is 12.5 Å². The van der Waals surface area contributed by atoms with Gasteiger partial charge in [0.05, 0.1) is 4.90 Å². The van der Waals surface area contributed by atoms with Gasteiger partial charge >= 0.3 is 0 Å². The van der Waals surface area contributed by atoms with Gasteiger partial charge in [-0.15, -0.1) is 0 Å².